The number of rotatable bonds is 3. The van der Waals surface area contributed by atoms with Crippen LogP contribution in [0.25, 0.3) is 0 Å². The van der Waals surface area contributed by atoms with Crippen LogP contribution in [0.1, 0.15) is 12.8 Å². The molecule has 0 spiro atoms. The second-order valence-electron chi connectivity index (χ2n) is 1.19. The first kappa shape index (κ1) is 11.1. The average Bonchev–Trinajstić information content (AvgIpc) is 1.61. The number of carbonyl (C=O) groups is 1. The van der Waals surface area contributed by atoms with Crippen LogP contribution in [0.5, 0.6) is 0 Å². The fourth-order valence-electron chi connectivity index (χ4n) is 0.218. The zero-order valence-electron chi connectivity index (χ0n) is 3.85. The fourth-order valence-corrected chi connectivity index (χ4v) is 0.352. The smallest absolute Gasteiger partial charge is 0.303 e. The molecule has 0 unspecified atom stereocenters. The summed E-state index contributed by atoms with van der Waals surface area (Å²) in [5, 5.41) is 7.99. The summed E-state index contributed by atoms with van der Waals surface area (Å²) < 4.78 is 0. The van der Waals surface area contributed by atoms with Crippen LogP contribution in [0.4, 0.5) is 0 Å². The van der Waals surface area contributed by atoms with Gasteiger partial charge in [-0.3, -0.25) is 4.79 Å². The van der Waals surface area contributed by atoms with Gasteiger partial charge in [0.2, 0.25) is 0 Å². The van der Waals surface area contributed by atoms with E-state index in [1.54, 1.807) is 0 Å². The van der Waals surface area contributed by atoms with Crippen molar-refractivity contribution in [3.63, 3.8) is 0 Å². The van der Waals surface area contributed by atoms with Crippen molar-refractivity contribution in [3.05, 3.63) is 0 Å². The second-order valence-corrected chi connectivity index (χ2v) is 1.56. The first-order valence-electron chi connectivity index (χ1n) is 2.05. The number of carboxylic acids is 1. The highest BCUT2D eigenvalue weighted by Crippen LogP contribution is 1.89. The zero-order chi connectivity index (χ0) is 5.70. The highest BCUT2D eigenvalue weighted by molar-refractivity contribution is 6.17. The van der Waals surface area contributed by atoms with Gasteiger partial charge in [0.05, 0.1) is 0 Å². The van der Waals surface area contributed by atoms with E-state index in [-0.39, 0.29) is 23.8 Å². The molecular weight excluding hydrogens is 142 g/mol. The van der Waals surface area contributed by atoms with E-state index in [2.05, 4.69) is 0 Å². The molecule has 0 radical (unpaired) electrons. The Morgan fingerprint density at radius 2 is 2.12 bits per heavy atom. The molecule has 2 nitrogen and oxygen atoms in total. The average molecular weight is 153 g/mol. The van der Waals surface area contributed by atoms with Crippen molar-refractivity contribution in [2.45, 2.75) is 12.8 Å². The summed E-state index contributed by atoms with van der Waals surface area (Å²) in [5.74, 6) is -0.340. The third kappa shape index (κ3) is 9.57. The van der Waals surface area contributed by atoms with Gasteiger partial charge < -0.3 is 5.11 Å². The lowest BCUT2D eigenvalue weighted by atomic mass is 10.3. The molecule has 0 atom stereocenters. The summed E-state index contributed by atoms with van der Waals surface area (Å²) in [4.78, 5) is 9.70. The van der Waals surface area contributed by atoms with Gasteiger partial charge >= 0.3 is 5.97 Å². The molecule has 0 aromatic rings. The van der Waals surface area contributed by atoms with Crippen molar-refractivity contribution in [2.75, 3.05) is 5.88 Å². The first-order chi connectivity index (χ1) is 3.27. The third-order valence-electron chi connectivity index (χ3n) is 0.524. The van der Waals surface area contributed by atoms with E-state index in [0.29, 0.717) is 12.3 Å². The SMILES string of the molecule is O=C(O)CCCCl.[AlH3]. The number of alkyl halides is 1. The molecule has 0 saturated heterocycles. The van der Waals surface area contributed by atoms with Gasteiger partial charge in [-0.2, -0.15) is 0 Å². The Balaban J connectivity index is 0. The Hall–Kier alpha value is 0.292. The van der Waals surface area contributed by atoms with Crippen LogP contribution in [-0.2, 0) is 4.79 Å². The van der Waals surface area contributed by atoms with Crippen LogP contribution < -0.4 is 0 Å². The van der Waals surface area contributed by atoms with Gasteiger partial charge in [-0.15, -0.1) is 11.6 Å². The molecule has 0 aliphatic rings. The van der Waals surface area contributed by atoms with Crippen LogP contribution in [0.2, 0.25) is 0 Å². The number of aliphatic carboxylic acids is 1. The predicted octanol–water partition coefficient (Wildman–Crippen LogP) is -0.0939. The maximum atomic E-state index is 9.70. The molecule has 48 valence electrons. The molecule has 0 saturated carbocycles. The summed E-state index contributed by atoms with van der Waals surface area (Å²) >= 11 is 5.18. The summed E-state index contributed by atoms with van der Waals surface area (Å²) in [6, 6.07) is 0. The highest BCUT2D eigenvalue weighted by Gasteiger charge is 1.91. The molecule has 0 heterocycles. The van der Waals surface area contributed by atoms with Crippen LogP contribution in [0.15, 0.2) is 0 Å². The van der Waals surface area contributed by atoms with Crippen molar-refractivity contribution in [3.8, 4) is 0 Å². The summed E-state index contributed by atoms with van der Waals surface area (Å²) in [5.41, 5.74) is 0. The number of carboxylic acid groups (broad SMARTS) is 1. The molecular formula is C4H10AlClO2. The number of hydrogen-bond donors (Lipinski definition) is 1. The quantitative estimate of drug-likeness (QED) is 0.453. The zero-order valence-corrected chi connectivity index (χ0v) is 4.61. The monoisotopic (exact) mass is 152 g/mol. The van der Waals surface area contributed by atoms with Gasteiger partial charge in [0.15, 0.2) is 17.4 Å². The molecule has 0 aromatic heterocycles. The van der Waals surface area contributed by atoms with Crippen molar-refractivity contribution in [1.82, 2.24) is 0 Å². The molecule has 0 aliphatic heterocycles. The molecule has 0 bridgehead atoms. The fraction of sp³-hybridized carbons (Fsp3) is 0.750. The van der Waals surface area contributed by atoms with E-state index in [4.69, 9.17) is 16.7 Å². The van der Waals surface area contributed by atoms with Crippen LogP contribution in [0.3, 0.4) is 0 Å². The van der Waals surface area contributed by atoms with E-state index in [0.717, 1.165) is 0 Å². The normalized spacial score (nSPS) is 7.62. The largest absolute Gasteiger partial charge is 0.481 e. The maximum Gasteiger partial charge on any atom is 0.303 e. The van der Waals surface area contributed by atoms with Crippen molar-refractivity contribution < 1.29 is 9.90 Å². The van der Waals surface area contributed by atoms with Gasteiger partial charge in [0, 0.05) is 12.3 Å². The van der Waals surface area contributed by atoms with Crippen LogP contribution in [-0.4, -0.2) is 34.3 Å². The van der Waals surface area contributed by atoms with Crippen molar-refractivity contribution in [1.29, 1.82) is 0 Å². The number of hydrogen-bond acceptors (Lipinski definition) is 1. The van der Waals surface area contributed by atoms with Crippen LogP contribution >= 0.6 is 11.6 Å². The van der Waals surface area contributed by atoms with E-state index >= 15 is 0 Å². The van der Waals surface area contributed by atoms with E-state index < -0.39 is 5.97 Å². The lowest BCUT2D eigenvalue weighted by Crippen LogP contribution is -1.93. The number of halogens is 1. The Kier molecular flexibility index (Phi) is 10.2. The Morgan fingerprint density at radius 3 is 2.25 bits per heavy atom. The van der Waals surface area contributed by atoms with Crippen molar-refractivity contribution >= 4 is 34.9 Å². The molecule has 0 aromatic carbocycles. The van der Waals surface area contributed by atoms with Gasteiger partial charge in [-0.05, 0) is 6.42 Å². The Labute approximate surface area is 64.0 Å². The minimum atomic E-state index is -0.777. The van der Waals surface area contributed by atoms with Gasteiger partial charge in [-0.1, -0.05) is 0 Å². The third-order valence-corrected chi connectivity index (χ3v) is 0.792. The molecule has 1 N–H and O–H groups in total. The van der Waals surface area contributed by atoms with Crippen LogP contribution in [0, 0.1) is 0 Å². The van der Waals surface area contributed by atoms with E-state index in [1.165, 1.54) is 0 Å². The lowest BCUT2D eigenvalue weighted by Gasteiger charge is -1.84. The summed E-state index contributed by atoms with van der Waals surface area (Å²) in [6.07, 6.45) is 0.750. The Morgan fingerprint density at radius 1 is 1.62 bits per heavy atom. The molecule has 0 aliphatic carbocycles. The first-order valence-corrected chi connectivity index (χ1v) is 2.58. The lowest BCUT2D eigenvalue weighted by molar-refractivity contribution is -0.137. The summed E-state index contributed by atoms with van der Waals surface area (Å²) in [6.45, 7) is 0. The summed E-state index contributed by atoms with van der Waals surface area (Å²) in [7, 11) is 0. The van der Waals surface area contributed by atoms with E-state index in [9.17, 15) is 4.79 Å². The van der Waals surface area contributed by atoms with Gasteiger partial charge in [0.25, 0.3) is 0 Å². The molecule has 0 fully saturated rings. The minimum Gasteiger partial charge on any atom is -0.481 e. The van der Waals surface area contributed by atoms with Crippen molar-refractivity contribution in [2.24, 2.45) is 0 Å². The highest BCUT2D eigenvalue weighted by atomic mass is 35.5. The Bertz CT molecular complexity index is 67.1. The molecule has 4 heteroatoms. The maximum absolute atomic E-state index is 9.70. The topological polar surface area (TPSA) is 37.3 Å². The van der Waals surface area contributed by atoms with Gasteiger partial charge in [0.1, 0.15) is 0 Å². The molecule has 0 amide bonds. The second kappa shape index (κ2) is 7.29. The molecule has 0 rings (SSSR count). The minimum absolute atomic E-state index is 0. The standard InChI is InChI=1S/C4H7ClO2.Al.3H/c5-3-1-2-4(6)7;;;;/h1-3H2,(H,6,7);;;;. The predicted molar refractivity (Wildman–Crippen MR) is 37.5 cm³/mol. The van der Waals surface area contributed by atoms with Gasteiger partial charge in [-0.25, -0.2) is 0 Å². The van der Waals surface area contributed by atoms with E-state index in [1.807, 2.05) is 0 Å². The molecule has 8 heavy (non-hydrogen) atoms.